The molecule has 0 saturated heterocycles. The van der Waals surface area contributed by atoms with Crippen molar-refractivity contribution >= 4 is 27.5 Å². The Labute approximate surface area is 93.9 Å². The Morgan fingerprint density at radius 3 is 2.92 bits per heavy atom. The molecule has 1 heterocycles. The summed E-state index contributed by atoms with van der Waals surface area (Å²) in [7, 11) is 0. The summed E-state index contributed by atoms with van der Waals surface area (Å²) in [6.45, 7) is 0. The Bertz CT molecular complexity index is 440. The first-order valence-corrected chi connectivity index (χ1v) is 4.22. The number of rotatable bonds is 1. The second-order valence-corrected chi connectivity index (χ2v) is 3.23. The van der Waals surface area contributed by atoms with E-state index in [4.69, 9.17) is 5.11 Å². The van der Waals surface area contributed by atoms with Crippen molar-refractivity contribution < 1.29 is 32.3 Å². The minimum Gasteiger partial charge on any atom is -0.478 e. The largest absolute Gasteiger partial charge is 0.478 e. The standard InChI is InChI=1S/C8H5NO2S.Ag/c10-8(11)5-1-2-6-7(3-5)12-4-9-6;/h1-4H,(H,10,11);. The molecule has 5 heteroatoms. The third kappa shape index (κ3) is 1.97. The predicted octanol–water partition coefficient (Wildman–Crippen LogP) is 1.99. The summed E-state index contributed by atoms with van der Waals surface area (Å²) in [5.41, 5.74) is 2.87. The van der Waals surface area contributed by atoms with Crippen LogP contribution in [0.3, 0.4) is 0 Å². The number of nitrogens with zero attached hydrogens (tertiary/aromatic N) is 1. The zero-order valence-electron chi connectivity index (χ0n) is 6.32. The van der Waals surface area contributed by atoms with E-state index in [1.54, 1.807) is 23.7 Å². The van der Waals surface area contributed by atoms with Crippen molar-refractivity contribution in [1.82, 2.24) is 4.98 Å². The maximum atomic E-state index is 10.6. The SMILES string of the molecule is O=C(O)c1ccc2ncsc2c1.[Ag]. The van der Waals surface area contributed by atoms with Gasteiger partial charge in [-0.3, -0.25) is 0 Å². The van der Waals surface area contributed by atoms with Gasteiger partial charge in [-0.15, -0.1) is 11.3 Å². The fourth-order valence-electron chi connectivity index (χ4n) is 0.988. The molecule has 0 spiro atoms. The fraction of sp³-hybridized carbons (Fsp3) is 0. The first-order chi connectivity index (χ1) is 5.77. The van der Waals surface area contributed by atoms with Crippen molar-refractivity contribution in [2.75, 3.05) is 0 Å². The van der Waals surface area contributed by atoms with Crippen LogP contribution >= 0.6 is 11.3 Å². The van der Waals surface area contributed by atoms with E-state index in [2.05, 4.69) is 4.98 Å². The van der Waals surface area contributed by atoms with E-state index in [1.165, 1.54) is 11.3 Å². The molecule has 2 aromatic rings. The van der Waals surface area contributed by atoms with Crippen LogP contribution in [0.15, 0.2) is 23.7 Å². The number of hydrogen-bond donors (Lipinski definition) is 1. The molecule has 3 nitrogen and oxygen atoms in total. The summed E-state index contributed by atoms with van der Waals surface area (Å²) in [6, 6.07) is 4.91. The average molecular weight is 287 g/mol. The van der Waals surface area contributed by atoms with Crippen LogP contribution in [0, 0.1) is 0 Å². The van der Waals surface area contributed by atoms with Crippen LogP contribution in [0.1, 0.15) is 10.4 Å². The van der Waals surface area contributed by atoms with Crippen LogP contribution < -0.4 is 0 Å². The molecule has 0 amide bonds. The minimum atomic E-state index is -0.898. The smallest absolute Gasteiger partial charge is 0.335 e. The Morgan fingerprint density at radius 2 is 2.23 bits per heavy atom. The van der Waals surface area contributed by atoms with E-state index in [9.17, 15) is 4.79 Å². The number of carboxylic acids is 1. The maximum absolute atomic E-state index is 10.6. The number of aromatic nitrogens is 1. The van der Waals surface area contributed by atoms with E-state index >= 15 is 0 Å². The minimum absolute atomic E-state index is 0. The summed E-state index contributed by atoms with van der Waals surface area (Å²) < 4.78 is 0.912. The second kappa shape index (κ2) is 4.02. The predicted molar refractivity (Wildman–Crippen MR) is 46.6 cm³/mol. The zero-order chi connectivity index (χ0) is 8.55. The molecule has 1 N–H and O–H groups in total. The van der Waals surface area contributed by atoms with Crippen LogP contribution in [0.4, 0.5) is 0 Å². The third-order valence-electron chi connectivity index (χ3n) is 1.58. The van der Waals surface area contributed by atoms with E-state index < -0.39 is 5.97 Å². The van der Waals surface area contributed by atoms with Gasteiger partial charge < -0.3 is 5.11 Å². The monoisotopic (exact) mass is 286 g/mol. The topological polar surface area (TPSA) is 50.2 Å². The van der Waals surface area contributed by atoms with Crippen LogP contribution in [0.2, 0.25) is 0 Å². The number of fused-ring (bicyclic) bond motifs is 1. The van der Waals surface area contributed by atoms with Gasteiger partial charge in [-0.05, 0) is 18.2 Å². The van der Waals surface area contributed by atoms with Gasteiger partial charge in [0.2, 0.25) is 0 Å². The van der Waals surface area contributed by atoms with Crippen LogP contribution in [0.25, 0.3) is 10.2 Å². The molecular formula is C8H5AgNO2S. The summed E-state index contributed by atoms with van der Waals surface area (Å²) in [4.78, 5) is 14.6. The normalized spacial score (nSPS) is 9.54. The summed E-state index contributed by atoms with van der Waals surface area (Å²) >= 11 is 1.44. The Kier molecular flexibility index (Phi) is 3.22. The number of carbonyl (C=O) groups is 1. The Hall–Kier alpha value is -0.680. The summed E-state index contributed by atoms with van der Waals surface area (Å²) in [5, 5.41) is 8.67. The van der Waals surface area contributed by atoms with E-state index in [-0.39, 0.29) is 22.4 Å². The van der Waals surface area contributed by atoms with Crippen LogP contribution in [0.5, 0.6) is 0 Å². The van der Waals surface area contributed by atoms with Crippen molar-refractivity contribution in [2.24, 2.45) is 0 Å². The molecule has 0 aliphatic carbocycles. The number of hydrogen-bond acceptors (Lipinski definition) is 3. The molecule has 1 aromatic heterocycles. The molecule has 1 radical (unpaired) electrons. The molecule has 0 atom stereocenters. The van der Waals surface area contributed by atoms with Gasteiger partial charge in [0.1, 0.15) is 0 Å². The van der Waals surface area contributed by atoms with Crippen molar-refractivity contribution in [3.63, 3.8) is 0 Å². The molecule has 0 saturated carbocycles. The van der Waals surface area contributed by atoms with Crippen molar-refractivity contribution in [2.45, 2.75) is 0 Å². The molecule has 71 valence electrons. The molecule has 0 bridgehead atoms. The second-order valence-electron chi connectivity index (χ2n) is 2.34. The van der Waals surface area contributed by atoms with Gasteiger partial charge in [-0.1, -0.05) is 0 Å². The van der Waals surface area contributed by atoms with Gasteiger partial charge in [0.25, 0.3) is 0 Å². The molecule has 0 aliphatic rings. The van der Waals surface area contributed by atoms with Gasteiger partial charge in [0.15, 0.2) is 0 Å². The molecule has 0 fully saturated rings. The van der Waals surface area contributed by atoms with Crippen LogP contribution in [-0.2, 0) is 22.4 Å². The van der Waals surface area contributed by atoms with Gasteiger partial charge in [-0.2, -0.15) is 0 Å². The maximum Gasteiger partial charge on any atom is 0.335 e. The fourth-order valence-corrected chi connectivity index (χ4v) is 1.70. The number of aromatic carboxylic acids is 1. The molecule has 2 rings (SSSR count). The number of thiazole rings is 1. The average Bonchev–Trinajstić information content (AvgIpc) is 2.49. The van der Waals surface area contributed by atoms with Gasteiger partial charge in [-0.25, -0.2) is 9.78 Å². The first-order valence-electron chi connectivity index (χ1n) is 3.34. The molecular weight excluding hydrogens is 282 g/mol. The molecule has 13 heavy (non-hydrogen) atoms. The Balaban J connectivity index is 0.000000845. The molecule has 1 aromatic carbocycles. The quantitative estimate of drug-likeness (QED) is 0.816. The Morgan fingerprint density at radius 1 is 1.46 bits per heavy atom. The zero-order valence-corrected chi connectivity index (χ0v) is 8.62. The van der Waals surface area contributed by atoms with E-state index in [0.29, 0.717) is 5.56 Å². The molecule has 0 aliphatic heterocycles. The van der Waals surface area contributed by atoms with Crippen LogP contribution in [-0.4, -0.2) is 16.1 Å². The summed E-state index contributed by atoms with van der Waals surface area (Å²) in [6.07, 6.45) is 0. The van der Waals surface area contributed by atoms with Gasteiger partial charge in [0.05, 0.1) is 21.3 Å². The van der Waals surface area contributed by atoms with Crippen molar-refractivity contribution in [1.29, 1.82) is 0 Å². The number of benzene rings is 1. The van der Waals surface area contributed by atoms with E-state index in [0.717, 1.165) is 10.2 Å². The molecule has 0 unspecified atom stereocenters. The third-order valence-corrected chi connectivity index (χ3v) is 2.37. The van der Waals surface area contributed by atoms with Gasteiger partial charge >= 0.3 is 5.97 Å². The first kappa shape index (κ1) is 10.4. The van der Waals surface area contributed by atoms with Crippen molar-refractivity contribution in [3.8, 4) is 0 Å². The number of carboxylic acid groups (broad SMARTS) is 1. The van der Waals surface area contributed by atoms with Gasteiger partial charge in [0, 0.05) is 22.4 Å². The van der Waals surface area contributed by atoms with E-state index in [1.807, 2.05) is 0 Å². The summed E-state index contributed by atoms with van der Waals surface area (Å²) in [5.74, 6) is -0.898. The van der Waals surface area contributed by atoms with Crippen molar-refractivity contribution in [3.05, 3.63) is 29.3 Å².